The molecule has 0 fully saturated rings. The summed E-state index contributed by atoms with van der Waals surface area (Å²) in [6, 6.07) is 6.27. The summed E-state index contributed by atoms with van der Waals surface area (Å²) >= 11 is 0. The SMILES string of the molecule is COCCS(=O)(=O)N1CCc2cc(C)ccc2C1C(C)C. The third-order valence-corrected chi connectivity index (χ3v) is 5.87. The number of methoxy groups -OCH3 is 1. The van der Waals surface area contributed by atoms with Gasteiger partial charge in [-0.05, 0) is 30.4 Å². The highest BCUT2D eigenvalue weighted by Crippen LogP contribution is 2.37. The molecule has 2 rings (SSSR count). The summed E-state index contributed by atoms with van der Waals surface area (Å²) in [6.45, 7) is 7.04. The maximum Gasteiger partial charge on any atom is 0.216 e. The van der Waals surface area contributed by atoms with Crippen LogP contribution in [0.2, 0.25) is 0 Å². The predicted molar refractivity (Wildman–Crippen MR) is 84.8 cm³/mol. The van der Waals surface area contributed by atoms with Crippen molar-refractivity contribution in [3.05, 3.63) is 34.9 Å². The van der Waals surface area contributed by atoms with Gasteiger partial charge in [0.25, 0.3) is 0 Å². The van der Waals surface area contributed by atoms with E-state index < -0.39 is 10.0 Å². The summed E-state index contributed by atoms with van der Waals surface area (Å²) < 4.78 is 31.8. The van der Waals surface area contributed by atoms with Gasteiger partial charge in [0.2, 0.25) is 10.0 Å². The van der Waals surface area contributed by atoms with Gasteiger partial charge in [-0.15, -0.1) is 0 Å². The van der Waals surface area contributed by atoms with Gasteiger partial charge in [-0.1, -0.05) is 37.6 Å². The molecule has 1 heterocycles. The summed E-state index contributed by atoms with van der Waals surface area (Å²) in [5.74, 6) is 0.289. The first kappa shape index (κ1) is 16.5. The molecule has 5 heteroatoms. The van der Waals surface area contributed by atoms with Crippen LogP contribution in [0.1, 0.15) is 36.6 Å². The fourth-order valence-corrected chi connectivity index (χ4v) is 4.76. The summed E-state index contributed by atoms with van der Waals surface area (Å²) in [6.07, 6.45) is 0.784. The molecule has 1 aliphatic rings. The molecule has 1 aromatic rings. The Balaban J connectivity index is 2.39. The second-order valence-corrected chi connectivity index (χ2v) is 8.10. The lowest BCUT2D eigenvalue weighted by Gasteiger charge is -2.38. The van der Waals surface area contributed by atoms with Crippen molar-refractivity contribution in [1.82, 2.24) is 4.31 Å². The molecule has 0 N–H and O–H groups in total. The first-order chi connectivity index (χ1) is 9.86. The molecule has 0 radical (unpaired) electrons. The average Bonchev–Trinajstić information content (AvgIpc) is 2.43. The van der Waals surface area contributed by atoms with E-state index >= 15 is 0 Å². The van der Waals surface area contributed by atoms with Crippen molar-refractivity contribution in [3.8, 4) is 0 Å². The lowest BCUT2D eigenvalue weighted by atomic mass is 9.87. The van der Waals surface area contributed by atoms with Gasteiger partial charge in [-0.3, -0.25) is 0 Å². The lowest BCUT2D eigenvalue weighted by molar-refractivity contribution is 0.209. The smallest absolute Gasteiger partial charge is 0.216 e. The highest BCUT2D eigenvalue weighted by molar-refractivity contribution is 7.89. The van der Waals surface area contributed by atoms with Gasteiger partial charge in [0.1, 0.15) is 0 Å². The third-order valence-electron chi connectivity index (χ3n) is 4.06. The molecule has 1 aromatic carbocycles. The van der Waals surface area contributed by atoms with E-state index in [0.717, 1.165) is 12.0 Å². The zero-order valence-electron chi connectivity index (χ0n) is 13.3. The number of hydrogen-bond donors (Lipinski definition) is 0. The molecule has 1 aliphatic heterocycles. The van der Waals surface area contributed by atoms with Crippen LogP contribution in [-0.4, -0.2) is 38.7 Å². The van der Waals surface area contributed by atoms with E-state index in [9.17, 15) is 8.42 Å². The summed E-state index contributed by atoms with van der Waals surface area (Å²) in [7, 11) is -1.75. The molecule has 0 spiro atoms. The van der Waals surface area contributed by atoms with Gasteiger partial charge in [-0.2, -0.15) is 4.31 Å². The Kier molecular flexibility index (Phi) is 5.07. The number of rotatable bonds is 5. The quantitative estimate of drug-likeness (QED) is 0.839. The largest absolute Gasteiger partial charge is 0.384 e. The molecule has 1 atom stereocenters. The number of sulfonamides is 1. The third kappa shape index (κ3) is 3.47. The minimum atomic E-state index is -3.28. The van der Waals surface area contributed by atoms with Crippen LogP contribution in [0.25, 0.3) is 0 Å². The van der Waals surface area contributed by atoms with Gasteiger partial charge in [0.05, 0.1) is 18.4 Å². The van der Waals surface area contributed by atoms with E-state index in [4.69, 9.17) is 4.74 Å². The predicted octanol–water partition coefficient (Wildman–Crippen LogP) is 2.53. The molecule has 0 aromatic heterocycles. The van der Waals surface area contributed by atoms with E-state index in [1.165, 1.54) is 18.2 Å². The Morgan fingerprint density at radius 3 is 2.71 bits per heavy atom. The van der Waals surface area contributed by atoms with Gasteiger partial charge in [-0.25, -0.2) is 8.42 Å². The summed E-state index contributed by atoms with van der Waals surface area (Å²) in [5.41, 5.74) is 3.67. The fraction of sp³-hybridized carbons (Fsp3) is 0.625. The van der Waals surface area contributed by atoms with Gasteiger partial charge in [0, 0.05) is 13.7 Å². The van der Waals surface area contributed by atoms with E-state index in [-0.39, 0.29) is 24.3 Å². The average molecular weight is 311 g/mol. The van der Waals surface area contributed by atoms with E-state index in [2.05, 4.69) is 39.0 Å². The van der Waals surface area contributed by atoms with Crippen LogP contribution in [0.15, 0.2) is 18.2 Å². The second-order valence-electron chi connectivity index (χ2n) is 6.06. The first-order valence-electron chi connectivity index (χ1n) is 7.44. The number of benzene rings is 1. The Morgan fingerprint density at radius 1 is 1.38 bits per heavy atom. The Labute approximate surface area is 128 Å². The highest BCUT2D eigenvalue weighted by Gasteiger charge is 2.36. The summed E-state index contributed by atoms with van der Waals surface area (Å²) in [4.78, 5) is 0. The van der Waals surface area contributed by atoms with Crippen molar-refractivity contribution < 1.29 is 13.2 Å². The molecule has 0 aliphatic carbocycles. The van der Waals surface area contributed by atoms with E-state index in [0.29, 0.717) is 6.54 Å². The van der Waals surface area contributed by atoms with Crippen molar-refractivity contribution in [1.29, 1.82) is 0 Å². The van der Waals surface area contributed by atoms with Gasteiger partial charge >= 0.3 is 0 Å². The minimum Gasteiger partial charge on any atom is -0.384 e. The van der Waals surface area contributed by atoms with Crippen molar-refractivity contribution >= 4 is 10.0 Å². The van der Waals surface area contributed by atoms with Crippen LogP contribution in [0.5, 0.6) is 0 Å². The number of aryl methyl sites for hydroxylation is 1. The van der Waals surface area contributed by atoms with Crippen LogP contribution in [0.3, 0.4) is 0 Å². The van der Waals surface area contributed by atoms with Crippen molar-refractivity contribution in [2.75, 3.05) is 26.0 Å². The zero-order valence-corrected chi connectivity index (χ0v) is 14.1. The topological polar surface area (TPSA) is 46.6 Å². The maximum absolute atomic E-state index is 12.6. The van der Waals surface area contributed by atoms with Crippen LogP contribution in [-0.2, 0) is 21.2 Å². The Morgan fingerprint density at radius 2 is 2.10 bits per heavy atom. The van der Waals surface area contributed by atoms with Crippen molar-refractivity contribution in [3.63, 3.8) is 0 Å². The normalized spacial score (nSPS) is 19.8. The standard InChI is InChI=1S/C16H25NO3S/c1-12(2)16-15-6-5-13(3)11-14(15)7-8-17(16)21(18,19)10-9-20-4/h5-6,11-12,16H,7-10H2,1-4H3. The minimum absolute atomic E-state index is 0.0495. The molecular formula is C16H25NO3S. The van der Waals surface area contributed by atoms with Crippen molar-refractivity contribution in [2.24, 2.45) is 5.92 Å². The van der Waals surface area contributed by atoms with Gasteiger partial charge < -0.3 is 4.74 Å². The fourth-order valence-electron chi connectivity index (χ4n) is 3.07. The van der Waals surface area contributed by atoms with Crippen molar-refractivity contribution in [2.45, 2.75) is 33.2 Å². The highest BCUT2D eigenvalue weighted by atomic mass is 32.2. The molecule has 0 bridgehead atoms. The number of nitrogens with zero attached hydrogens (tertiary/aromatic N) is 1. The Bertz CT molecular complexity index is 596. The second kappa shape index (κ2) is 6.46. The van der Waals surface area contributed by atoms with Crippen LogP contribution >= 0.6 is 0 Å². The molecular weight excluding hydrogens is 286 g/mol. The monoisotopic (exact) mass is 311 g/mol. The summed E-state index contributed by atoms with van der Waals surface area (Å²) in [5, 5.41) is 0. The number of ether oxygens (including phenoxy) is 1. The van der Waals surface area contributed by atoms with E-state index in [1.54, 1.807) is 4.31 Å². The van der Waals surface area contributed by atoms with Gasteiger partial charge in [0.15, 0.2) is 0 Å². The van der Waals surface area contributed by atoms with Crippen LogP contribution in [0.4, 0.5) is 0 Å². The van der Waals surface area contributed by atoms with E-state index in [1.807, 2.05) is 0 Å². The first-order valence-corrected chi connectivity index (χ1v) is 9.05. The van der Waals surface area contributed by atoms with Crippen LogP contribution in [0, 0.1) is 12.8 Å². The lowest BCUT2D eigenvalue weighted by Crippen LogP contribution is -2.43. The molecule has 21 heavy (non-hydrogen) atoms. The maximum atomic E-state index is 12.6. The molecule has 118 valence electrons. The number of hydrogen-bond acceptors (Lipinski definition) is 3. The number of fused-ring (bicyclic) bond motifs is 1. The molecule has 0 amide bonds. The Hall–Kier alpha value is -0.910. The molecule has 0 saturated heterocycles. The molecule has 1 unspecified atom stereocenters. The molecule has 0 saturated carbocycles. The zero-order chi connectivity index (χ0) is 15.6. The van der Waals surface area contributed by atoms with Crippen LogP contribution < -0.4 is 0 Å². The molecule has 4 nitrogen and oxygen atoms in total.